The number of thiazole rings is 1. The number of unbranched alkanes of at least 4 members (excludes halogenated alkanes) is 4. The van der Waals surface area contributed by atoms with Crippen LogP contribution in [-0.2, 0) is 5.54 Å². The Morgan fingerprint density at radius 1 is 1.05 bits per heavy atom. The van der Waals surface area contributed by atoms with Crippen molar-refractivity contribution in [2.75, 3.05) is 6.54 Å². The SMILES string of the molecule is CCCCCCCC(C)(NCCC)c1nc(C)c(C)s1. The van der Waals surface area contributed by atoms with Gasteiger partial charge in [0.15, 0.2) is 0 Å². The summed E-state index contributed by atoms with van der Waals surface area (Å²) in [5, 5.41) is 5.02. The molecule has 0 radical (unpaired) electrons. The van der Waals surface area contributed by atoms with E-state index in [0.29, 0.717) is 0 Å². The van der Waals surface area contributed by atoms with Gasteiger partial charge in [0, 0.05) is 4.88 Å². The molecule has 2 nitrogen and oxygen atoms in total. The highest BCUT2D eigenvalue weighted by Crippen LogP contribution is 2.32. The van der Waals surface area contributed by atoms with Gasteiger partial charge in [-0.25, -0.2) is 4.98 Å². The van der Waals surface area contributed by atoms with E-state index in [1.165, 1.54) is 60.5 Å². The molecule has 116 valence electrons. The molecular formula is C17H32N2S. The van der Waals surface area contributed by atoms with Crippen LogP contribution in [0.25, 0.3) is 0 Å². The highest BCUT2D eigenvalue weighted by molar-refractivity contribution is 7.11. The van der Waals surface area contributed by atoms with Crippen LogP contribution in [-0.4, -0.2) is 11.5 Å². The Balaban J connectivity index is 2.65. The normalized spacial score (nSPS) is 14.4. The van der Waals surface area contributed by atoms with Gasteiger partial charge < -0.3 is 5.32 Å². The molecule has 0 fully saturated rings. The van der Waals surface area contributed by atoms with Crippen LogP contribution in [0, 0.1) is 13.8 Å². The predicted octanol–water partition coefficient (Wildman–Crippen LogP) is 5.34. The number of aryl methyl sites for hydroxylation is 2. The summed E-state index contributed by atoms with van der Waals surface area (Å²) in [5.41, 5.74) is 1.26. The molecule has 0 bridgehead atoms. The summed E-state index contributed by atoms with van der Waals surface area (Å²) in [4.78, 5) is 6.16. The number of nitrogens with one attached hydrogen (secondary N) is 1. The maximum atomic E-state index is 4.81. The molecule has 20 heavy (non-hydrogen) atoms. The van der Waals surface area contributed by atoms with Crippen LogP contribution < -0.4 is 5.32 Å². The lowest BCUT2D eigenvalue weighted by atomic mass is 9.94. The van der Waals surface area contributed by atoms with Gasteiger partial charge >= 0.3 is 0 Å². The lowest BCUT2D eigenvalue weighted by Crippen LogP contribution is -2.40. The van der Waals surface area contributed by atoms with E-state index in [-0.39, 0.29) is 5.54 Å². The van der Waals surface area contributed by atoms with Gasteiger partial charge in [-0.15, -0.1) is 11.3 Å². The van der Waals surface area contributed by atoms with E-state index in [1.54, 1.807) is 0 Å². The van der Waals surface area contributed by atoms with Crippen LogP contribution in [0.3, 0.4) is 0 Å². The molecular weight excluding hydrogens is 264 g/mol. The molecule has 0 aliphatic rings. The zero-order chi connectivity index (χ0) is 15.0. The molecule has 0 aliphatic carbocycles. The second-order valence-corrected chi connectivity index (χ2v) is 7.29. The van der Waals surface area contributed by atoms with Crippen LogP contribution in [0.1, 0.15) is 81.3 Å². The molecule has 3 heteroatoms. The molecule has 0 aliphatic heterocycles. The van der Waals surface area contributed by atoms with Crippen molar-refractivity contribution < 1.29 is 0 Å². The van der Waals surface area contributed by atoms with Gasteiger partial charge in [-0.1, -0.05) is 46.0 Å². The first-order valence-electron chi connectivity index (χ1n) is 8.23. The molecule has 1 N–H and O–H groups in total. The monoisotopic (exact) mass is 296 g/mol. The number of aromatic nitrogens is 1. The van der Waals surface area contributed by atoms with Gasteiger partial charge in [0.25, 0.3) is 0 Å². The molecule has 1 aromatic rings. The highest BCUT2D eigenvalue weighted by Gasteiger charge is 2.29. The summed E-state index contributed by atoms with van der Waals surface area (Å²) in [5.74, 6) is 0. The summed E-state index contributed by atoms with van der Waals surface area (Å²) in [7, 11) is 0. The molecule has 1 atom stereocenters. The van der Waals surface area contributed by atoms with Crippen molar-refractivity contribution in [3.05, 3.63) is 15.6 Å². The lowest BCUT2D eigenvalue weighted by molar-refractivity contribution is 0.325. The second-order valence-electron chi connectivity index (χ2n) is 6.08. The Bertz CT molecular complexity index is 367. The molecule has 0 amide bonds. The Kier molecular flexibility index (Phi) is 7.75. The largest absolute Gasteiger partial charge is 0.306 e. The van der Waals surface area contributed by atoms with E-state index in [9.17, 15) is 0 Å². The zero-order valence-corrected chi connectivity index (χ0v) is 14.8. The Morgan fingerprint density at radius 2 is 1.75 bits per heavy atom. The third-order valence-electron chi connectivity index (χ3n) is 4.05. The number of rotatable bonds is 10. The third-order valence-corrected chi connectivity index (χ3v) is 5.38. The molecule has 1 rings (SSSR count). The van der Waals surface area contributed by atoms with Crippen LogP contribution in [0.2, 0.25) is 0 Å². The average molecular weight is 297 g/mol. The molecule has 0 saturated carbocycles. The molecule has 0 saturated heterocycles. The van der Waals surface area contributed by atoms with Crippen molar-refractivity contribution in [3.63, 3.8) is 0 Å². The van der Waals surface area contributed by atoms with Crippen molar-refractivity contribution in [1.82, 2.24) is 10.3 Å². The van der Waals surface area contributed by atoms with Gasteiger partial charge in [0.05, 0.1) is 11.2 Å². The Labute approximate surface area is 129 Å². The Hall–Kier alpha value is -0.410. The maximum Gasteiger partial charge on any atom is 0.113 e. The fraction of sp³-hybridized carbons (Fsp3) is 0.824. The number of hydrogen-bond donors (Lipinski definition) is 1. The number of hydrogen-bond acceptors (Lipinski definition) is 3. The standard InChI is InChI=1S/C17H32N2S/c1-6-8-9-10-11-12-17(5,18-13-7-2)16-19-14(3)15(4)20-16/h18H,6-13H2,1-5H3. The maximum absolute atomic E-state index is 4.81. The van der Waals surface area contributed by atoms with Crippen molar-refractivity contribution in [2.24, 2.45) is 0 Å². The topological polar surface area (TPSA) is 24.9 Å². The van der Waals surface area contributed by atoms with E-state index in [2.05, 4.69) is 39.9 Å². The van der Waals surface area contributed by atoms with E-state index >= 15 is 0 Å². The predicted molar refractivity (Wildman–Crippen MR) is 90.6 cm³/mol. The van der Waals surface area contributed by atoms with Crippen molar-refractivity contribution in [2.45, 2.75) is 85.1 Å². The van der Waals surface area contributed by atoms with Crippen LogP contribution in [0.5, 0.6) is 0 Å². The van der Waals surface area contributed by atoms with Gasteiger partial charge in [0.1, 0.15) is 5.01 Å². The summed E-state index contributed by atoms with van der Waals surface area (Å²) in [6.45, 7) is 12.2. The third kappa shape index (κ3) is 5.17. The fourth-order valence-corrected chi connectivity index (χ4v) is 3.53. The highest BCUT2D eigenvalue weighted by atomic mass is 32.1. The van der Waals surface area contributed by atoms with E-state index in [1.807, 2.05) is 11.3 Å². The second kappa shape index (κ2) is 8.78. The molecule has 0 spiro atoms. The minimum atomic E-state index is 0.0614. The lowest BCUT2D eigenvalue weighted by Gasteiger charge is -2.29. The smallest absolute Gasteiger partial charge is 0.113 e. The quantitative estimate of drug-likeness (QED) is 0.590. The summed E-state index contributed by atoms with van der Waals surface area (Å²) < 4.78 is 0. The van der Waals surface area contributed by atoms with Crippen LogP contribution >= 0.6 is 11.3 Å². The minimum Gasteiger partial charge on any atom is -0.306 e. The van der Waals surface area contributed by atoms with Crippen molar-refractivity contribution in [1.29, 1.82) is 0 Å². The van der Waals surface area contributed by atoms with Gasteiger partial charge in [-0.05, 0) is 40.2 Å². The first-order valence-corrected chi connectivity index (χ1v) is 9.04. The summed E-state index contributed by atoms with van der Waals surface area (Å²) in [6.07, 6.45) is 9.07. The van der Waals surface area contributed by atoms with Crippen LogP contribution in [0.4, 0.5) is 0 Å². The van der Waals surface area contributed by atoms with Crippen LogP contribution in [0.15, 0.2) is 0 Å². The first kappa shape index (κ1) is 17.6. The van der Waals surface area contributed by atoms with Gasteiger partial charge in [0.2, 0.25) is 0 Å². The molecule has 1 unspecified atom stereocenters. The fourth-order valence-electron chi connectivity index (χ4n) is 2.46. The zero-order valence-electron chi connectivity index (χ0n) is 14.0. The van der Waals surface area contributed by atoms with E-state index in [0.717, 1.165) is 6.54 Å². The molecule has 0 aromatic carbocycles. The summed E-state index contributed by atoms with van der Waals surface area (Å²) >= 11 is 1.87. The Morgan fingerprint density at radius 3 is 2.30 bits per heavy atom. The molecule has 1 aromatic heterocycles. The van der Waals surface area contributed by atoms with E-state index in [4.69, 9.17) is 4.98 Å². The van der Waals surface area contributed by atoms with Gasteiger partial charge in [-0.2, -0.15) is 0 Å². The average Bonchev–Trinajstić information content (AvgIpc) is 2.77. The van der Waals surface area contributed by atoms with Crippen molar-refractivity contribution in [3.8, 4) is 0 Å². The van der Waals surface area contributed by atoms with Crippen molar-refractivity contribution >= 4 is 11.3 Å². The first-order chi connectivity index (χ1) is 9.53. The summed E-state index contributed by atoms with van der Waals surface area (Å²) in [6, 6.07) is 0. The minimum absolute atomic E-state index is 0.0614. The van der Waals surface area contributed by atoms with E-state index < -0.39 is 0 Å². The van der Waals surface area contributed by atoms with Gasteiger partial charge in [-0.3, -0.25) is 0 Å². The molecule has 1 heterocycles. The number of nitrogens with zero attached hydrogens (tertiary/aromatic N) is 1.